The first-order valence-corrected chi connectivity index (χ1v) is 12.7. The fraction of sp³-hybridized carbons (Fsp3) is 0.300. The molecule has 1 fully saturated rings. The summed E-state index contributed by atoms with van der Waals surface area (Å²) in [5.41, 5.74) is 6.01. The molecular formula is C30H30N2O6. The van der Waals surface area contributed by atoms with Gasteiger partial charge in [0, 0.05) is 17.0 Å². The van der Waals surface area contributed by atoms with Gasteiger partial charge in [-0.25, -0.2) is 4.79 Å². The molecule has 8 heteroatoms. The third-order valence-electron chi connectivity index (χ3n) is 7.03. The summed E-state index contributed by atoms with van der Waals surface area (Å²) in [5, 5.41) is 14.6. The molecule has 1 saturated heterocycles. The van der Waals surface area contributed by atoms with Crippen molar-refractivity contribution >= 4 is 17.4 Å². The summed E-state index contributed by atoms with van der Waals surface area (Å²) in [6.07, 6.45) is 3.09. The maximum absolute atomic E-state index is 12.5. The van der Waals surface area contributed by atoms with E-state index >= 15 is 0 Å². The number of hydrogen-bond donors (Lipinski definition) is 1. The second kappa shape index (κ2) is 11.5. The van der Waals surface area contributed by atoms with Gasteiger partial charge < -0.3 is 14.2 Å². The van der Waals surface area contributed by atoms with Crippen LogP contribution in [0.3, 0.4) is 0 Å². The van der Waals surface area contributed by atoms with Crippen LogP contribution in [0.4, 0.5) is 10.5 Å². The molecule has 3 aromatic rings. The monoisotopic (exact) mass is 514 g/mol. The van der Waals surface area contributed by atoms with Crippen LogP contribution in [0.15, 0.2) is 72.8 Å². The van der Waals surface area contributed by atoms with E-state index in [1.54, 1.807) is 12.1 Å². The first-order valence-electron chi connectivity index (χ1n) is 12.7. The van der Waals surface area contributed by atoms with Gasteiger partial charge in [0.15, 0.2) is 0 Å². The number of benzene rings is 3. The number of ether oxygens (including phenoxy) is 3. The first kappa shape index (κ1) is 25.5. The van der Waals surface area contributed by atoms with E-state index < -0.39 is 12.0 Å². The van der Waals surface area contributed by atoms with E-state index in [0.717, 1.165) is 45.6 Å². The molecule has 0 aromatic heterocycles. The zero-order chi connectivity index (χ0) is 26.5. The lowest BCUT2D eigenvalue weighted by Crippen LogP contribution is -2.18. The Morgan fingerprint density at radius 1 is 1.16 bits per heavy atom. The average molecular weight is 515 g/mol. The predicted molar refractivity (Wildman–Crippen MR) is 144 cm³/mol. The number of nitrogens with one attached hydrogen (secondary N) is 1. The van der Waals surface area contributed by atoms with E-state index in [1.807, 2.05) is 61.5 Å². The Morgan fingerprint density at radius 2 is 2.00 bits per heavy atom. The summed E-state index contributed by atoms with van der Waals surface area (Å²) in [6, 6.07) is 20.8. The molecule has 0 radical (unpaired) electrons. The van der Waals surface area contributed by atoms with Crippen molar-refractivity contribution in [3.05, 3.63) is 111 Å². The molecule has 8 nitrogen and oxygen atoms in total. The van der Waals surface area contributed by atoms with Crippen LogP contribution < -0.4 is 10.1 Å². The molecule has 2 aliphatic rings. The number of hydrogen-bond acceptors (Lipinski definition) is 6. The summed E-state index contributed by atoms with van der Waals surface area (Å²) in [6.45, 7) is 3.06. The van der Waals surface area contributed by atoms with Crippen LogP contribution in [0.5, 0.6) is 5.75 Å². The van der Waals surface area contributed by atoms with Gasteiger partial charge in [-0.2, -0.15) is 0 Å². The average Bonchev–Trinajstić information content (AvgIpc) is 3.58. The number of rotatable bonds is 9. The number of nitrogens with zero attached hydrogens (tertiary/aromatic N) is 1. The zero-order valence-corrected chi connectivity index (χ0v) is 21.2. The maximum Gasteiger partial charge on any atom is 0.411 e. The normalized spacial score (nSPS) is 16.9. The summed E-state index contributed by atoms with van der Waals surface area (Å²) < 4.78 is 16.8. The topological polar surface area (TPSA) is 99.9 Å². The molecule has 1 heterocycles. The Labute approximate surface area is 221 Å². The second-order valence-electron chi connectivity index (χ2n) is 9.56. The van der Waals surface area contributed by atoms with Crippen LogP contribution in [-0.4, -0.2) is 36.9 Å². The highest BCUT2D eigenvalue weighted by atomic mass is 16.6. The van der Waals surface area contributed by atoms with Crippen LogP contribution in [0.2, 0.25) is 0 Å². The number of allylic oxidation sites excluding steroid dienone is 1. The van der Waals surface area contributed by atoms with Crippen molar-refractivity contribution in [2.24, 2.45) is 0 Å². The Kier molecular flexibility index (Phi) is 7.70. The number of amides is 1. The number of nitro groups is 1. The Hall–Kier alpha value is -4.17. The SMILES string of the molecule is Cc1c(NC(=O)OCc2ccccc2)cccc1C(C[N+](=O)[O-])C1=CCc2cc(OC3CCOC3)ccc21. The molecule has 1 aliphatic carbocycles. The van der Waals surface area contributed by atoms with Crippen LogP contribution in [0.1, 0.15) is 40.2 Å². The van der Waals surface area contributed by atoms with Gasteiger partial charge in [0.25, 0.3) is 0 Å². The molecule has 1 aliphatic heterocycles. The van der Waals surface area contributed by atoms with Crippen molar-refractivity contribution in [2.45, 2.75) is 38.4 Å². The van der Waals surface area contributed by atoms with Crippen molar-refractivity contribution in [2.75, 3.05) is 25.1 Å². The van der Waals surface area contributed by atoms with Gasteiger partial charge in [-0.3, -0.25) is 15.4 Å². The molecule has 1 N–H and O–H groups in total. The largest absolute Gasteiger partial charge is 0.488 e. The summed E-state index contributed by atoms with van der Waals surface area (Å²) >= 11 is 0. The van der Waals surface area contributed by atoms with E-state index in [1.165, 1.54) is 0 Å². The molecular weight excluding hydrogens is 484 g/mol. The fourth-order valence-corrected chi connectivity index (χ4v) is 5.10. The number of carbonyl (C=O) groups excluding carboxylic acids is 1. The van der Waals surface area contributed by atoms with Gasteiger partial charge in [0.1, 0.15) is 18.5 Å². The third-order valence-corrected chi connectivity index (χ3v) is 7.03. The smallest absolute Gasteiger partial charge is 0.411 e. The predicted octanol–water partition coefficient (Wildman–Crippen LogP) is 5.91. The van der Waals surface area contributed by atoms with Crippen LogP contribution in [0, 0.1) is 17.0 Å². The molecule has 38 heavy (non-hydrogen) atoms. The minimum atomic E-state index is -0.578. The Morgan fingerprint density at radius 3 is 2.76 bits per heavy atom. The lowest BCUT2D eigenvalue weighted by Gasteiger charge is -2.21. The minimum absolute atomic E-state index is 0.0568. The lowest BCUT2D eigenvalue weighted by atomic mass is 9.85. The molecule has 196 valence electrons. The van der Waals surface area contributed by atoms with E-state index in [0.29, 0.717) is 25.3 Å². The van der Waals surface area contributed by atoms with Gasteiger partial charge in [-0.05, 0) is 64.9 Å². The van der Waals surface area contributed by atoms with Crippen molar-refractivity contribution in [3.63, 3.8) is 0 Å². The van der Waals surface area contributed by atoms with Crippen molar-refractivity contribution in [1.29, 1.82) is 0 Å². The highest BCUT2D eigenvalue weighted by Gasteiger charge is 2.30. The first-order chi connectivity index (χ1) is 18.5. The molecule has 2 unspecified atom stereocenters. The molecule has 3 aromatic carbocycles. The third kappa shape index (κ3) is 5.86. The van der Waals surface area contributed by atoms with Gasteiger partial charge in [0.05, 0.1) is 19.1 Å². The lowest BCUT2D eigenvalue weighted by molar-refractivity contribution is -0.481. The molecule has 0 saturated carbocycles. The van der Waals surface area contributed by atoms with E-state index in [9.17, 15) is 14.9 Å². The van der Waals surface area contributed by atoms with E-state index in [4.69, 9.17) is 14.2 Å². The van der Waals surface area contributed by atoms with Crippen LogP contribution in [-0.2, 0) is 22.5 Å². The van der Waals surface area contributed by atoms with Gasteiger partial charge in [0.2, 0.25) is 6.54 Å². The second-order valence-corrected chi connectivity index (χ2v) is 9.56. The summed E-state index contributed by atoms with van der Waals surface area (Å²) in [5.74, 6) is 0.319. The Bertz CT molecular complexity index is 1350. The quantitative estimate of drug-likeness (QED) is 0.281. The summed E-state index contributed by atoms with van der Waals surface area (Å²) in [7, 11) is 0. The maximum atomic E-state index is 12.5. The van der Waals surface area contributed by atoms with E-state index in [-0.39, 0.29) is 24.2 Å². The molecule has 0 bridgehead atoms. The van der Waals surface area contributed by atoms with Gasteiger partial charge in [-0.1, -0.05) is 54.6 Å². The van der Waals surface area contributed by atoms with Crippen LogP contribution in [0.25, 0.3) is 5.57 Å². The van der Waals surface area contributed by atoms with E-state index in [2.05, 4.69) is 11.4 Å². The van der Waals surface area contributed by atoms with Crippen LogP contribution >= 0.6 is 0 Å². The highest BCUT2D eigenvalue weighted by molar-refractivity contribution is 5.86. The van der Waals surface area contributed by atoms with Gasteiger partial charge in [-0.15, -0.1) is 0 Å². The van der Waals surface area contributed by atoms with Crippen molar-refractivity contribution in [3.8, 4) is 5.75 Å². The minimum Gasteiger partial charge on any atom is -0.488 e. The number of anilines is 1. The molecule has 2 atom stereocenters. The van der Waals surface area contributed by atoms with Crippen molar-refractivity contribution in [1.82, 2.24) is 0 Å². The zero-order valence-electron chi connectivity index (χ0n) is 21.2. The standard InChI is InChI=1S/C30H30N2O6/c1-20-25(8-5-9-29(20)31-30(33)37-18-21-6-3-2-4-7-21)28(17-32(34)35)27-12-10-22-16-23(11-13-26(22)27)38-24-14-15-36-19-24/h2-9,11-13,16,24,28H,10,14-15,17-19H2,1H3,(H,31,33). The molecule has 1 amide bonds. The number of carbonyl (C=O) groups is 1. The summed E-state index contributed by atoms with van der Waals surface area (Å²) in [4.78, 5) is 24.0. The number of fused-ring (bicyclic) bond motifs is 1. The van der Waals surface area contributed by atoms with Crippen molar-refractivity contribution < 1.29 is 23.9 Å². The molecule has 0 spiro atoms. The Balaban J connectivity index is 1.35. The highest BCUT2D eigenvalue weighted by Crippen LogP contribution is 2.42. The molecule has 5 rings (SSSR count). The fourth-order valence-electron chi connectivity index (χ4n) is 5.10. The van der Waals surface area contributed by atoms with Gasteiger partial charge >= 0.3 is 6.09 Å².